The van der Waals surface area contributed by atoms with Crippen molar-refractivity contribution in [1.82, 2.24) is 20.0 Å². The molecule has 3 heterocycles. The Bertz CT molecular complexity index is 811. The van der Waals surface area contributed by atoms with E-state index >= 15 is 0 Å². The van der Waals surface area contributed by atoms with Crippen molar-refractivity contribution < 1.29 is 9.18 Å². The van der Waals surface area contributed by atoms with Gasteiger partial charge in [0.05, 0.1) is 18.2 Å². The van der Waals surface area contributed by atoms with Crippen LogP contribution in [0.25, 0.3) is 0 Å². The van der Waals surface area contributed by atoms with Gasteiger partial charge >= 0.3 is 0 Å². The first-order chi connectivity index (χ1) is 12.5. The minimum atomic E-state index is -0.246. The van der Waals surface area contributed by atoms with E-state index in [1.807, 2.05) is 30.4 Å². The standard InChI is InChI=1S/C20H25FN4O.ClH/c1-13-6-7-25(19(13)14-4-3-5-16(21)8-14)20(26)18-11-22-10-17(18)15-9-23-24(2)12-15;/h3-5,8-9,12-13,17-19,22H,6-7,10-11H2,1-2H3;1H/t13?,17-,18+,19?;/m1./s1. The number of aromatic nitrogens is 2. The fourth-order valence-electron chi connectivity index (χ4n) is 4.53. The topological polar surface area (TPSA) is 50.2 Å². The summed E-state index contributed by atoms with van der Waals surface area (Å²) in [6.07, 6.45) is 4.80. The van der Waals surface area contributed by atoms with Crippen molar-refractivity contribution in [3.05, 3.63) is 53.6 Å². The summed E-state index contributed by atoms with van der Waals surface area (Å²) in [5, 5.41) is 7.62. The van der Waals surface area contributed by atoms with Crippen LogP contribution in [0.4, 0.5) is 4.39 Å². The molecule has 1 aromatic heterocycles. The second kappa shape index (κ2) is 7.98. The van der Waals surface area contributed by atoms with Crippen LogP contribution in [0, 0.1) is 17.7 Å². The summed E-state index contributed by atoms with van der Waals surface area (Å²) in [5.74, 6) is 0.292. The smallest absolute Gasteiger partial charge is 0.228 e. The first-order valence-corrected chi connectivity index (χ1v) is 9.30. The number of hydrogen-bond acceptors (Lipinski definition) is 3. The Balaban J connectivity index is 0.00000210. The van der Waals surface area contributed by atoms with Crippen molar-refractivity contribution in [1.29, 1.82) is 0 Å². The van der Waals surface area contributed by atoms with Gasteiger partial charge in [-0.25, -0.2) is 4.39 Å². The van der Waals surface area contributed by atoms with Gasteiger partial charge in [0.25, 0.3) is 0 Å². The lowest BCUT2D eigenvalue weighted by Crippen LogP contribution is -2.39. The average molecular weight is 393 g/mol. The minimum Gasteiger partial charge on any atom is -0.335 e. The number of likely N-dealkylation sites (tertiary alicyclic amines) is 1. The first kappa shape index (κ1) is 19.8. The lowest BCUT2D eigenvalue weighted by molar-refractivity contribution is -0.136. The van der Waals surface area contributed by atoms with Crippen LogP contribution >= 0.6 is 12.4 Å². The van der Waals surface area contributed by atoms with Crippen LogP contribution in [-0.2, 0) is 11.8 Å². The van der Waals surface area contributed by atoms with Crippen molar-refractivity contribution in [2.45, 2.75) is 25.3 Å². The molecular formula is C20H26ClFN4O. The zero-order valence-electron chi connectivity index (χ0n) is 15.6. The van der Waals surface area contributed by atoms with E-state index in [1.54, 1.807) is 16.8 Å². The number of amides is 1. The molecule has 2 aliphatic heterocycles. The van der Waals surface area contributed by atoms with Gasteiger partial charge in [0.2, 0.25) is 5.91 Å². The number of nitrogens with zero attached hydrogens (tertiary/aromatic N) is 3. The van der Waals surface area contributed by atoms with E-state index in [9.17, 15) is 9.18 Å². The molecule has 27 heavy (non-hydrogen) atoms. The lowest BCUT2D eigenvalue weighted by atomic mass is 9.88. The molecule has 4 atom stereocenters. The molecule has 0 aliphatic carbocycles. The molecule has 0 saturated carbocycles. The van der Waals surface area contributed by atoms with Crippen molar-refractivity contribution in [3.8, 4) is 0 Å². The summed E-state index contributed by atoms with van der Waals surface area (Å²) in [4.78, 5) is 15.4. The molecule has 2 aliphatic rings. The van der Waals surface area contributed by atoms with E-state index in [4.69, 9.17) is 0 Å². The molecule has 2 saturated heterocycles. The van der Waals surface area contributed by atoms with Gasteiger partial charge in [0, 0.05) is 38.8 Å². The molecule has 2 unspecified atom stereocenters. The molecule has 2 fully saturated rings. The van der Waals surface area contributed by atoms with E-state index in [0.717, 1.165) is 30.6 Å². The quantitative estimate of drug-likeness (QED) is 0.873. The maximum Gasteiger partial charge on any atom is 0.228 e. The summed E-state index contributed by atoms with van der Waals surface area (Å²) in [7, 11) is 1.89. The van der Waals surface area contributed by atoms with Crippen LogP contribution in [0.15, 0.2) is 36.7 Å². The molecule has 0 spiro atoms. The van der Waals surface area contributed by atoms with Crippen LogP contribution in [0.2, 0.25) is 0 Å². The molecule has 0 radical (unpaired) electrons. The van der Waals surface area contributed by atoms with Gasteiger partial charge in [-0.15, -0.1) is 12.4 Å². The van der Waals surface area contributed by atoms with Crippen LogP contribution < -0.4 is 5.32 Å². The molecule has 1 aromatic carbocycles. The third-order valence-electron chi connectivity index (χ3n) is 5.86. The van der Waals surface area contributed by atoms with Crippen LogP contribution in [-0.4, -0.2) is 40.2 Å². The van der Waals surface area contributed by atoms with Gasteiger partial charge in [0.15, 0.2) is 0 Å². The van der Waals surface area contributed by atoms with E-state index in [1.165, 1.54) is 6.07 Å². The number of aryl methyl sites for hydroxylation is 1. The van der Waals surface area contributed by atoms with E-state index in [2.05, 4.69) is 17.3 Å². The molecule has 7 heteroatoms. The largest absolute Gasteiger partial charge is 0.335 e. The Labute approximate surface area is 165 Å². The molecule has 5 nitrogen and oxygen atoms in total. The molecule has 1 N–H and O–H groups in total. The molecule has 1 amide bonds. The van der Waals surface area contributed by atoms with Crippen molar-refractivity contribution in [2.24, 2.45) is 18.9 Å². The van der Waals surface area contributed by atoms with Gasteiger partial charge in [0.1, 0.15) is 5.82 Å². The molecule has 4 rings (SSSR count). The van der Waals surface area contributed by atoms with Gasteiger partial charge in [-0.05, 0) is 35.6 Å². The highest BCUT2D eigenvalue weighted by Gasteiger charge is 2.42. The number of hydrogen-bond donors (Lipinski definition) is 1. The maximum absolute atomic E-state index is 13.7. The third-order valence-corrected chi connectivity index (χ3v) is 5.86. The summed E-state index contributed by atoms with van der Waals surface area (Å²) >= 11 is 0. The Kier molecular flexibility index (Phi) is 5.86. The first-order valence-electron chi connectivity index (χ1n) is 9.30. The van der Waals surface area contributed by atoms with E-state index in [0.29, 0.717) is 12.5 Å². The maximum atomic E-state index is 13.7. The van der Waals surface area contributed by atoms with Crippen LogP contribution in [0.1, 0.15) is 36.4 Å². The molecular weight excluding hydrogens is 367 g/mol. The van der Waals surface area contributed by atoms with E-state index in [-0.39, 0.29) is 42.0 Å². The number of rotatable bonds is 3. The Morgan fingerprint density at radius 2 is 2.11 bits per heavy atom. The summed E-state index contributed by atoms with van der Waals surface area (Å²) in [5.41, 5.74) is 2.00. The van der Waals surface area contributed by atoms with Crippen LogP contribution in [0.3, 0.4) is 0 Å². The fourth-order valence-corrected chi connectivity index (χ4v) is 4.53. The Morgan fingerprint density at radius 1 is 1.30 bits per heavy atom. The van der Waals surface area contributed by atoms with Gasteiger partial charge in [-0.1, -0.05) is 19.1 Å². The van der Waals surface area contributed by atoms with Gasteiger partial charge in [-0.3, -0.25) is 9.48 Å². The highest BCUT2D eigenvalue weighted by Crippen LogP contribution is 2.40. The number of carbonyl (C=O) groups is 1. The minimum absolute atomic E-state index is 0. The normalized spacial score (nSPS) is 27.6. The van der Waals surface area contributed by atoms with Crippen molar-refractivity contribution in [2.75, 3.05) is 19.6 Å². The van der Waals surface area contributed by atoms with Crippen molar-refractivity contribution in [3.63, 3.8) is 0 Å². The molecule has 2 aromatic rings. The number of carbonyl (C=O) groups excluding carboxylic acids is 1. The monoisotopic (exact) mass is 392 g/mol. The van der Waals surface area contributed by atoms with Gasteiger partial charge in [-0.2, -0.15) is 5.10 Å². The highest BCUT2D eigenvalue weighted by molar-refractivity contribution is 5.85. The number of nitrogens with one attached hydrogen (secondary N) is 1. The average Bonchev–Trinajstić information content (AvgIpc) is 3.33. The molecule has 0 bridgehead atoms. The molecule has 146 valence electrons. The third kappa shape index (κ3) is 3.73. The second-order valence-electron chi connectivity index (χ2n) is 7.62. The van der Waals surface area contributed by atoms with Crippen LogP contribution in [0.5, 0.6) is 0 Å². The summed E-state index contributed by atoms with van der Waals surface area (Å²) < 4.78 is 15.5. The van der Waals surface area contributed by atoms with Crippen molar-refractivity contribution >= 4 is 18.3 Å². The van der Waals surface area contributed by atoms with Gasteiger partial charge < -0.3 is 10.2 Å². The Morgan fingerprint density at radius 3 is 2.81 bits per heavy atom. The second-order valence-corrected chi connectivity index (χ2v) is 7.62. The summed E-state index contributed by atoms with van der Waals surface area (Å²) in [6, 6.07) is 6.63. The lowest BCUT2D eigenvalue weighted by Gasteiger charge is -2.31. The zero-order chi connectivity index (χ0) is 18.3. The fraction of sp³-hybridized carbons (Fsp3) is 0.500. The predicted octanol–water partition coefficient (Wildman–Crippen LogP) is 2.89. The predicted molar refractivity (Wildman–Crippen MR) is 104 cm³/mol. The summed E-state index contributed by atoms with van der Waals surface area (Å²) in [6.45, 7) is 4.35. The number of halogens is 2. The number of benzene rings is 1. The highest BCUT2D eigenvalue weighted by atomic mass is 35.5. The SMILES string of the molecule is CC1CCN(C(=O)[C@H]2CNC[C@@H]2c2cnn(C)c2)C1c1cccc(F)c1.Cl. The zero-order valence-corrected chi connectivity index (χ0v) is 16.5. The van der Waals surface area contributed by atoms with E-state index < -0.39 is 0 Å². The Hall–Kier alpha value is -1.92.